The van der Waals surface area contributed by atoms with Gasteiger partial charge in [-0.3, -0.25) is 4.98 Å². The molecule has 0 radical (unpaired) electrons. The molecule has 3 heterocycles. The fourth-order valence-electron chi connectivity index (χ4n) is 7.27. The SMILES string of the molecule is CC1(C)c2ccccc2-c2nc(-c3ccc(-c4cccnc4)cc3)nc(-c3ccc(-n4c5ccccc5c5ccccc54)cc3)c21. The second-order valence-corrected chi connectivity index (χ2v) is 12.5. The molecule has 3 aromatic heterocycles. The summed E-state index contributed by atoms with van der Waals surface area (Å²) < 4.78 is 2.36. The minimum Gasteiger partial charge on any atom is -0.309 e. The molecule has 0 unspecified atom stereocenters. The summed E-state index contributed by atoms with van der Waals surface area (Å²) >= 11 is 0. The van der Waals surface area contributed by atoms with Crippen molar-refractivity contribution < 1.29 is 0 Å². The van der Waals surface area contributed by atoms with E-state index in [4.69, 9.17) is 9.97 Å². The highest BCUT2D eigenvalue weighted by Crippen LogP contribution is 2.51. The number of hydrogen-bond donors (Lipinski definition) is 0. The topological polar surface area (TPSA) is 43.6 Å². The van der Waals surface area contributed by atoms with Gasteiger partial charge in [0.05, 0.1) is 22.4 Å². The van der Waals surface area contributed by atoms with Crippen LogP contribution in [0.5, 0.6) is 0 Å². The molecule has 1 aliphatic carbocycles. The molecule has 0 atom stereocenters. The lowest BCUT2D eigenvalue weighted by Gasteiger charge is -2.24. The van der Waals surface area contributed by atoms with Gasteiger partial charge in [0.25, 0.3) is 0 Å². The highest BCUT2D eigenvalue weighted by molar-refractivity contribution is 6.09. The fraction of sp³-hybridized carbons (Fsp3) is 0.0714. The van der Waals surface area contributed by atoms with E-state index in [0.717, 1.165) is 45.2 Å². The Labute approximate surface area is 267 Å². The summed E-state index contributed by atoms with van der Waals surface area (Å²) in [6.45, 7) is 4.58. The number of pyridine rings is 1. The van der Waals surface area contributed by atoms with Crippen molar-refractivity contribution in [2.24, 2.45) is 0 Å². The minimum absolute atomic E-state index is 0.241. The van der Waals surface area contributed by atoms with E-state index in [0.29, 0.717) is 0 Å². The molecule has 218 valence electrons. The van der Waals surface area contributed by atoms with Crippen LogP contribution in [-0.2, 0) is 5.41 Å². The number of fused-ring (bicyclic) bond motifs is 6. The molecule has 0 saturated heterocycles. The van der Waals surface area contributed by atoms with E-state index in [1.54, 1.807) is 6.20 Å². The first-order valence-corrected chi connectivity index (χ1v) is 15.7. The lowest BCUT2D eigenvalue weighted by Crippen LogP contribution is -2.17. The van der Waals surface area contributed by atoms with Gasteiger partial charge in [-0.25, -0.2) is 9.97 Å². The van der Waals surface area contributed by atoms with Crippen LogP contribution in [0.1, 0.15) is 25.0 Å². The second-order valence-electron chi connectivity index (χ2n) is 12.5. The fourth-order valence-corrected chi connectivity index (χ4v) is 7.27. The van der Waals surface area contributed by atoms with Crippen molar-refractivity contribution in [1.29, 1.82) is 0 Å². The van der Waals surface area contributed by atoms with Gasteiger partial charge in [-0.2, -0.15) is 0 Å². The summed E-state index contributed by atoms with van der Waals surface area (Å²) in [7, 11) is 0. The quantitative estimate of drug-likeness (QED) is 0.205. The first-order chi connectivity index (χ1) is 22.6. The van der Waals surface area contributed by atoms with Crippen LogP contribution in [0.3, 0.4) is 0 Å². The van der Waals surface area contributed by atoms with E-state index in [1.807, 2.05) is 12.3 Å². The van der Waals surface area contributed by atoms with Crippen molar-refractivity contribution in [3.8, 4) is 50.7 Å². The Morgan fingerprint density at radius 2 is 1.13 bits per heavy atom. The maximum absolute atomic E-state index is 5.33. The Hall–Kier alpha value is -5.87. The molecule has 4 nitrogen and oxygen atoms in total. The third-order valence-electron chi connectivity index (χ3n) is 9.51. The van der Waals surface area contributed by atoms with Gasteiger partial charge in [0.2, 0.25) is 0 Å². The van der Waals surface area contributed by atoms with Crippen molar-refractivity contribution in [2.75, 3.05) is 0 Å². The van der Waals surface area contributed by atoms with Crippen LogP contribution in [0.2, 0.25) is 0 Å². The Morgan fingerprint density at radius 3 is 1.83 bits per heavy atom. The molecule has 8 aromatic rings. The molecule has 0 aliphatic heterocycles. The number of benzene rings is 5. The molecule has 4 heteroatoms. The molecule has 0 amide bonds. The van der Waals surface area contributed by atoms with Crippen LogP contribution in [0.15, 0.2) is 146 Å². The van der Waals surface area contributed by atoms with Gasteiger partial charge >= 0.3 is 0 Å². The first-order valence-electron chi connectivity index (χ1n) is 15.7. The normalized spacial score (nSPS) is 13.2. The van der Waals surface area contributed by atoms with Gasteiger partial charge in [-0.1, -0.05) is 117 Å². The summed E-state index contributed by atoms with van der Waals surface area (Å²) in [6.07, 6.45) is 3.69. The van der Waals surface area contributed by atoms with E-state index < -0.39 is 0 Å². The molecular formula is C42H30N4. The highest BCUT2D eigenvalue weighted by Gasteiger charge is 2.40. The second kappa shape index (κ2) is 10.1. The van der Waals surface area contributed by atoms with Crippen molar-refractivity contribution >= 4 is 21.8 Å². The van der Waals surface area contributed by atoms with Crippen LogP contribution in [0.25, 0.3) is 72.5 Å². The summed E-state index contributed by atoms with van der Waals surface area (Å²) in [4.78, 5) is 14.9. The summed E-state index contributed by atoms with van der Waals surface area (Å²) in [5.74, 6) is 0.727. The molecule has 5 aromatic carbocycles. The smallest absolute Gasteiger partial charge is 0.160 e. The molecule has 0 fully saturated rings. The lowest BCUT2D eigenvalue weighted by atomic mass is 9.81. The zero-order valence-corrected chi connectivity index (χ0v) is 25.6. The van der Waals surface area contributed by atoms with Gasteiger partial charge in [0.1, 0.15) is 0 Å². The van der Waals surface area contributed by atoms with Gasteiger partial charge < -0.3 is 4.57 Å². The molecule has 9 rings (SSSR count). The third kappa shape index (κ3) is 3.97. The molecule has 0 spiro atoms. The number of aromatic nitrogens is 4. The molecule has 0 saturated carbocycles. The molecular weight excluding hydrogens is 560 g/mol. The zero-order valence-electron chi connectivity index (χ0n) is 25.6. The van der Waals surface area contributed by atoms with E-state index >= 15 is 0 Å². The van der Waals surface area contributed by atoms with E-state index in [9.17, 15) is 0 Å². The van der Waals surface area contributed by atoms with Crippen LogP contribution in [0.4, 0.5) is 0 Å². The Morgan fingerprint density at radius 1 is 0.522 bits per heavy atom. The van der Waals surface area contributed by atoms with Crippen molar-refractivity contribution in [1.82, 2.24) is 19.5 Å². The molecule has 0 N–H and O–H groups in total. The van der Waals surface area contributed by atoms with Crippen molar-refractivity contribution in [3.63, 3.8) is 0 Å². The van der Waals surface area contributed by atoms with Gasteiger partial charge in [-0.05, 0) is 47.0 Å². The van der Waals surface area contributed by atoms with Crippen LogP contribution < -0.4 is 0 Å². The van der Waals surface area contributed by atoms with E-state index in [1.165, 1.54) is 38.5 Å². The monoisotopic (exact) mass is 590 g/mol. The summed E-state index contributed by atoms with van der Waals surface area (Å²) in [6, 6.07) is 47.3. The van der Waals surface area contributed by atoms with Gasteiger partial charge in [0, 0.05) is 56.5 Å². The zero-order chi connectivity index (χ0) is 30.8. The number of para-hydroxylation sites is 2. The number of hydrogen-bond acceptors (Lipinski definition) is 3. The van der Waals surface area contributed by atoms with Gasteiger partial charge in [0.15, 0.2) is 5.82 Å². The van der Waals surface area contributed by atoms with Crippen molar-refractivity contribution in [2.45, 2.75) is 19.3 Å². The lowest BCUT2D eigenvalue weighted by molar-refractivity contribution is 0.658. The predicted octanol–water partition coefficient (Wildman–Crippen LogP) is 10.3. The standard InChI is InChI=1S/C42H30N4/c1-42(2)35-14-6-3-13-34(35)40-38(42)39(44-41(45-40)29-19-17-27(18-20-29)30-10-9-25-43-26-30)28-21-23-31(24-22-28)46-36-15-7-4-11-32(36)33-12-5-8-16-37(33)46/h3-26H,1-2H3. The van der Waals surface area contributed by atoms with E-state index in [-0.39, 0.29) is 5.41 Å². The largest absolute Gasteiger partial charge is 0.309 e. The minimum atomic E-state index is -0.241. The summed E-state index contributed by atoms with van der Waals surface area (Å²) in [5, 5.41) is 2.52. The third-order valence-corrected chi connectivity index (χ3v) is 9.51. The molecule has 0 bridgehead atoms. The maximum Gasteiger partial charge on any atom is 0.160 e. The Kier molecular flexibility index (Phi) is 5.81. The Balaban J connectivity index is 1.21. The average molecular weight is 591 g/mol. The number of nitrogens with zero attached hydrogens (tertiary/aromatic N) is 4. The van der Waals surface area contributed by atoms with Gasteiger partial charge in [-0.15, -0.1) is 0 Å². The molecule has 46 heavy (non-hydrogen) atoms. The average Bonchev–Trinajstić information content (AvgIpc) is 3.57. The summed E-state index contributed by atoms with van der Waals surface area (Å²) in [5.41, 5.74) is 13.2. The predicted molar refractivity (Wildman–Crippen MR) is 188 cm³/mol. The van der Waals surface area contributed by atoms with Crippen molar-refractivity contribution in [3.05, 3.63) is 157 Å². The van der Waals surface area contributed by atoms with Crippen LogP contribution in [0, 0.1) is 0 Å². The van der Waals surface area contributed by atoms with Crippen LogP contribution in [-0.4, -0.2) is 19.5 Å². The maximum atomic E-state index is 5.33. The highest BCUT2D eigenvalue weighted by atomic mass is 15.0. The number of rotatable bonds is 4. The Bertz CT molecular complexity index is 2370. The van der Waals surface area contributed by atoms with E-state index in [2.05, 4.69) is 151 Å². The van der Waals surface area contributed by atoms with Crippen LogP contribution >= 0.6 is 0 Å². The molecule has 1 aliphatic rings. The first kappa shape index (κ1) is 26.5.